The van der Waals surface area contributed by atoms with E-state index in [1.807, 2.05) is 19.1 Å². The van der Waals surface area contributed by atoms with Crippen molar-refractivity contribution in [2.24, 2.45) is 0 Å². The highest BCUT2D eigenvalue weighted by atomic mass is 19.1. The maximum atomic E-state index is 13.5. The molecule has 0 aliphatic carbocycles. The van der Waals surface area contributed by atoms with Crippen LogP contribution in [0.25, 0.3) is 6.08 Å². The minimum Gasteiger partial charge on any atom is -0.496 e. The summed E-state index contributed by atoms with van der Waals surface area (Å²) in [5, 5.41) is 0. The Kier molecular flexibility index (Phi) is 6.93. The molecule has 0 radical (unpaired) electrons. The van der Waals surface area contributed by atoms with Gasteiger partial charge in [-0.2, -0.15) is 0 Å². The van der Waals surface area contributed by atoms with E-state index < -0.39 is 23.7 Å². The van der Waals surface area contributed by atoms with Crippen LogP contribution in [0.4, 0.5) is 4.39 Å². The molecule has 0 unspecified atom stereocenters. The number of ether oxygens (including phenoxy) is 2. The van der Waals surface area contributed by atoms with Crippen LogP contribution in [0, 0.1) is 12.7 Å². The third kappa shape index (κ3) is 5.85. The fraction of sp³-hybridized carbons (Fsp3) is 0.200. The van der Waals surface area contributed by atoms with Crippen molar-refractivity contribution in [1.29, 1.82) is 0 Å². The topological polar surface area (TPSA) is 76.7 Å². The van der Waals surface area contributed by atoms with Gasteiger partial charge in [0, 0.05) is 11.6 Å². The van der Waals surface area contributed by atoms with Gasteiger partial charge in [-0.25, -0.2) is 4.39 Å². The van der Waals surface area contributed by atoms with Crippen molar-refractivity contribution < 1.29 is 23.5 Å². The first-order valence-corrected chi connectivity index (χ1v) is 8.24. The van der Waals surface area contributed by atoms with Crippen molar-refractivity contribution in [3.05, 3.63) is 65.5 Å². The van der Waals surface area contributed by atoms with Gasteiger partial charge in [-0.3, -0.25) is 20.4 Å². The van der Waals surface area contributed by atoms with Crippen LogP contribution in [-0.2, 0) is 9.59 Å². The third-order valence-electron chi connectivity index (χ3n) is 3.62. The van der Waals surface area contributed by atoms with Crippen LogP contribution >= 0.6 is 0 Å². The van der Waals surface area contributed by atoms with Gasteiger partial charge in [0.25, 0.3) is 11.8 Å². The summed E-state index contributed by atoms with van der Waals surface area (Å²) in [6, 6.07) is 11.3. The van der Waals surface area contributed by atoms with Crippen molar-refractivity contribution in [2.75, 3.05) is 7.11 Å². The number of hydrogen-bond donors (Lipinski definition) is 2. The third-order valence-corrected chi connectivity index (χ3v) is 3.62. The molecule has 0 saturated heterocycles. The van der Waals surface area contributed by atoms with Crippen molar-refractivity contribution in [3.63, 3.8) is 0 Å². The highest BCUT2D eigenvalue weighted by Crippen LogP contribution is 2.21. The molecule has 0 aliphatic heterocycles. The number of halogens is 1. The molecule has 2 rings (SSSR count). The molecule has 142 valence electrons. The second-order valence-electron chi connectivity index (χ2n) is 5.75. The van der Waals surface area contributed by atoms with Gasteiger partial charge in [-0.15, -0.1) is 0 Å². The van der Waals surface area contributed by atoms with E-state index in [1.54, 1.807) is 25.3 Å². The number of rotatable bonds is 6. The zero-order valence-corrected chi connectivity index (χ0v) is 15.3. The molecule has 2 aromatic rings. The van der Waals surface area contributed by atoms with Gasteiger partial charge in [0.1, 0.15) is 5.75 Å². The van der Waals surface area contributed by atoms with Gasteiger partial charge in [-0.05, 0) is 44.2 Å². The van der Waals surface area contributed by atoms with Crippen molar-refractivity contribution in [2.45, 2.75) is 20.0 Å². The zero-order chi connectivity index (χ0) is 19.8. The quantitative estimate of drug-likeness (QED) is 0.604. The lowest BCUT2D eigenvalue weighted by molar-refractivity contribution is -0.131. The number of aryl methyl sites for hydroxylation is 1. The number of methoxy groups -OCH3 is 1. The Bertz CT molecular complexity index is 852. The van der Waals surface area contributed by atoms with E-state index in [0.29, 0.717) is 5.75 Å². The standard InChI is InChI=1S/C20H21FN2O4/c1-13-8-10-17(26-3)15(12-13)9-11-19(24)22-23-20(25)14(2)27-18-7-5-4-6-16(18)21/h4-12,14H,1-3H3,(H,22,24)(H,23,25)/b11-9+/t14-/m0/s1. The van der Waals surface area contributed by atoms with E-state index in [-0.39, 0.29) is 5.75 Å². The van der Waals surface area contributed by atoms with Gasteiger partial charge in [0.15, 0.2) is 17.7 Å². The molecule has 6 nitrogen and oxygen atoms in total. The maximum Gasteiger partial charge on any atom is 0.279 e. The van der Waals surface area contributed by atoms with Crippen LogP contribution in [0.1, 0.15) is 18.1 Å². The molecular weight excluding hydrogens is 351 g/mol. The fourth-order valence-electron chi connectivity index (χ4n) is 2.20. The number of benzene rings is 2. The van der Waals surface area contributed by atoms with E-state index in [2.05, 4.69) is 10.9 Å². The first-order valence-electron chi connectivity index (χ1n) is 8.24. The van der Waals surface area contributed by atoms with Gasteiger partial charge in [-0.1, -0.05) is 23.8 Å². The number of nitrogens with one attached hydrogen (secondary N) is 2. The minimum atomic E-state index is -0.997. The summed E-state index contributed by atoms with van der Waals surface area (Å²) in [6.45, 7) is 3.37. The maximum absolute atomic E-state index is 13.5. The van der Waals surface area contributed by atoms with E-state index in [9.17, 15) is 14.0 Å². The van der Waals surface area contributed by atoms with E-state index in [4.69, 9.17) is 9.47 Å². The Morgan fingerprint density at radius 1 is 1.11 bits per heavy atom. The first-order chi connectivity index (χ1) is 12.9. The lowest BCUT2D eigenvalue weighted by Gasteiger charge is -2.15. The molecule has 0 spiro atoms. The largest absolute Gasteiger partial charge is 0.496 e. The van der Waals surface area contributed by atoms with E-state index in [0.717, 1.165) is 11.1 Å². The average Bonchev–Trinajstić information content (AvgIpc) is 2.66. The van der Waals surface area contributed by atoms with Crippen LogP contribution in [-0.4, -0.2) is 25.0 Å². The summed E-state index contributed by atoms with van der Waals surface area (Å²) in [4.78, 5) is 23.9. The highest BCUT2D eigenvalue weighted by Gasteiger charge is 2.16. The summed E-state index contributed by atoms with van der Waals surface area (Å²) in [7, 11) is 1.54. The lowest BCUT2D eigenvalue weighted by atomic mass is 10.1. The Labute approximate surface area is 157 Å². The van der Waals surface area contributed by atoms with Crippen LogP contribution in [0.5, 0.6) is 11.5 Å². The molecule has 0 saturated carbocycles. The van der Waals surface area contributed by atoms with Gasteiger partial charge in [0.2, 0.25) is 0 Å². The summed E-state index contributed by atoms with van der Waals surface area (Å²) in [6.07, 6.45) is 1.84. The number of hydrazine groups is 1. The number of carbonyl (C=O) groups is 2. The van der Waals surface area contributed by atoms with Gasteiger partial charge in [0.05, 0.1) is 7.11 Å². The molecule has 27 heavy (non-hydrogen) atoms. The lowest BCUT2D eigenvalue weighted by Crippen LogP contribution is -2.46. The van der Waals surface area contributed by atoms with Crippen molar-refractivity contribution >= 4 is 17.9 Å². The summed E-state index contributed by atoms with van der Waals surface area (Å²) >= 11 is 0. The normalized spacial score (nSPS) is 11.7. The van der Waals surface area contributed by atoms with Crippen LogP contribution in [0.2, 0.25) is 0 Å². The van der Waals surface area contributed by atoms with E-state index in [1.165, 1.54) is 31.2 Å². The molecule has 0 bridgehead atoms. The Balaban J connectivity index is 1.88. The number of carbonyl (C=O) groups excluding carboxylic acids is 2. The van der Waals surface area contributed by atoms with Crippen LogP contribution < -0.4 is 20.3 Å². The fourth-order valence-corrected chi connectivity index (χ4v) is 2.20. The molecule has 2 N–H and O–H groups in total. The molecule has 1 atom stereocenters. The van der Waals surface area contributed by atoms with Crippen LogP contribution in [0.3, 0.4) is 0 Å². The van der Waals surface area contributed by atoms with Crippen molar-refractivity contribution in [1.82, 2.24) is 10.9 Å². The molecule has 0 heterocycles. The number of para-hydroxylation sites is 1. The number of hydrogen-bond acceptors (Lipinski definition) is 4. The predicted molar refractivity (Wildman–Crippen MR) is 99.5 cm³/mol. The molecule has 0 aliphatic rings. The monoisotopic (exact) mass is 372 g/mol. The second-order valence-corrected chi connectivity index (χ2v) is 5.75. The van der Waals surface area contributed by atoms with Crippen LogP contribution in [0.15, 0.2) is 48.5 Å². The molecule has 0 fully saturated rings. The van der Waals surface area contributed by atoms with E-state index >= 15 is 0 Å². The molecule has 7 heteroatoms. The number of amides is 2. The first kappa shape index (κ1) is 20.0. The van der Waals surface area contributed by atoms with Gasteiger partial charge >= 0.3 is 0 Å². The Morgan fingerprint density at radius 3 is 2.56 bits per heavy atom. The molecule has 0 aromatic heterocycles. The van der Waals surface area contributed by atoms with Crippen molar-refractivity contribution in [3.8, 4) is 11.5 Å². The summed E-state index contributed by atoms with van der Waals surface area (Å²) in [5.41, 5.74) is 6.22. The minimum absolute atomic E-state index is 0.0436. The molecular formula is C20H21FN2O4. The SMILES string of the molecule is COc1ccc(C)cc1/C=C/C(=O)NNC(=O)[C@H](C)Oc1ccccc1F. The average molecular weight is 372 g/mol. The predicted octanol–water partition coefficient (Wildman–Crippen LogP) is 2.77. The Hall–Kier alpha value is -3.35. The zero-order valence-electron chi connectivity index (χ0n) is 15.3. The second kappa shape index (κ2) is 9.38. The summed E-state index contributed by atoms with van der Waals surface area (Å²) < 4.78 is 24.0. The smallest absolute Gasteiger partial charge is 0.279 e. The highest BCUT2D eigenvalue weighted by molar-refractivity contribution is 5.93. The van der Waals surface area contributed by atoms with Gasteiger partial charge < -0.3 is 9.47 Å². The molecule has 2 amide bonds. The summed E-state index contributed by atoms with van der Waals surface area (Å²) in [5.74, 6) is -1.15. The Morgan fingerprint density at radius 2 is 1.85 bits per heavy atom. The molecule has 2 aromatic carbocycles.